The number of rotatable bonds is 5. The van der Waals surface area contributed by atoms with Crippen molar-refractivity contribution in [3.8, 4) is 0 Å². The summed E-state index contributed by atoms with van der Waals surface area (Å²) in [7, 11) is 0. The van der Waals surface area contributed by atoms with Crippen LogP contribution >= 0.6 is 0 Å². The molecule has 0 bridgehead atoms. The number of benzene rings is 1. The summed E-state index contributed by atoms with van der Waals surface area (Å²) in [4.78, 5) is 26.8. The second kappa shape index (κ2) is 8.05. The van der Waals surface area contributed by atoms with Crippen LogP contribution in [0.2, 0.25) is 0 Å². The first-order valence-electron chi connectivity index (χ1n) is 9.78. The molecule has 4 nitrogen and oxygen atoms in total. The summed E-state index contributed by atoms with van der Waals surface area (Å²) in [5.74, 6) is -2.50. The fourth-order valence-corrected chi connectivity index (χ4v) is 3.98. The minimum absolute atomic E-state index is 0.108. The SMILES string of the molecule is CC(C)Cc1ccc(C(=O)C2CCN(C(=O)C3CC(F)(F)CN3)CC2)cc1. The average Bonchev–Trinajstić information content (AvgIpc) is 3.01. The lowest BCUT2D eigenvalue weighted by Crippen LogP contribution is -2.47. The number of hydrogen-bond acceptors (Lipinski definition) is 3. The highest BCUT2D eigenvalue weighted by molar-refractivity contribution is 5.98. The maximum Gasteiger partial charge on any atom is 0.262 e. The van der Waals surface area contributed by atoms with E-state index in [4.69, 9.17) is 0 Å². The summed E-state index contributed by atoms with van der Waals surface area (Å²) in [5.41, 5.74) is 1.94. The Morgan fingerprint density at radius 2 is 1.81 bits per heavy atom. The molecule has 1 amide bonds. The third-order valence-corrected chi connectivity index (χ3v) is 5.47. The highest BCUT2D eigenvalue weighted by Gasteiger charge is 2.44. The van der Waals surface area contributed by atoms with Gasteiger partial charge < -0.3 is 4.90 Å². The molecule has 2 aliphatic rings. The van der Waals surface area contributed by atoms with Gasteiger partial charge >= 0.3 is 0 Å². The van der Waals surface area contributed by atoms with Crippen molar-refractivity contribution in [2.75, 3.05) is 19.6 Å². The van der Waals surface area contributed by atoms with E-state index in [-0.39, 0.29) is 17.6 Å². The van der Waals surface area contributed by atoms with E-state index < -0.39 is 24.9 Å². The first kappa shape index (κ1) is 19.9. The largest absolute Gasteiger partial charge is 0.341 e. The lowest BCUT2D eigenvalue weighted by Gasteiger charge is -2.33. The molecular weight excluding hydrogens is 350 g/mol. The van der Waals surface area contributed by atoms with Crippen LogP contribution in [0.1, 0.15) is 49.0 Å². The fourth-order valence-electron chi connectivity index (χ4n) is 3.98. The molecule has 2 fully saturated rings. The molecule has 3 rings (SSSR count). The number of ketones is 1. The number of Topliss-reactive ketones (excluding diaryl/α,β-unsaturated/α-hetero) is 1. The normalized spacial score (nSPS) is 23.0. The lowest BCUT2D eigenvalue weighted by atomic mass is 9.88. The van der Waals surface area contributed by atoms with Crippen LogP contribution in [-0.2, 0) is 11.2 Å². The van der Waals surface area contributed by atoms with E-state index in [1.165, 1.54) is 5.56 Å². The van der Waals surface area contributed by atoms with Gasteiger partial charge in [0, 0.05) is 31.0 Å². The van der Waals surface area contributed by atoms with Gasteiger partial charge in [0.25, 0.3) is 5.92 Å². The average molecular weight is 378 g/mol. The molecule has 27 heavy (non-hydrogen) atoms. The Labute approximate surface area is 159 Å². The molecule has 2 aliphatic heterocycles. The summed E-state index contributed by atoms with van der Waals surface area (Å²) in [5, 5.41) is 2.61. The number of halogens is 2. The van der Waals surface area contributed by atoms with Gasteiger partial charge in [-0.25, -0.2) is 8.78 Å². The third-order valence-electron chi connectivity index (χ3n) is 5.47. The van der Waals surface area contributed by atoms with Gasteiger partial charge in [0.15, 0.2) is 5.78 Å². The number of likely N-dealkylation sites (tertiary alicyclic amines) is 1. The Bertz CT molecular complexity index is 680. The van der Waals surface area contributed by atoms with Crippen LogP contribution in [0.5, 0.6) is 0 Å². The Balaban J connectivity index is 1.52. The van der Waals surface area contributed by atoms with E-state index >= 15 is 0 Å². The number of hydrogen-bond donors (Lipinski definition) is 1. The summed E-state index contributed by atoms with van der Waals surface area (Å²) >= 11 is 0. The van der Waals surface area contributed by atoms with Crippen molar-refractivity contribution in [1.82, 2.24) is 10.2 Å². The molecule has 0 spiro atoms. The predicted molar refractivity (Wildman–Crippen MR) is 100.0 cm³/mol. The zero-order valence-corrected chi connectivity index (χ0v) is 16.0. The third kappa shape index (κ3) is 4.92. The smallest absolute Gasteiger partial charge is 0.262 e. The highest BCUT2D eigenvalue weighted by Crippen LogP contribution is 2.28. The van der Waals surface area contributed by atoms with Gasteiger partial charge in [-0.15, -0.1) is 0 Å². The Morgan fingerprint density at radius 1 is 1.19 bits per heavy atom. The van der Waals surface area contributed by atoms with Gasteiger partial charge in [-0.1, -0.05) is 38.1 Å². The molecule has 1 unspecified atom stereocenters. The van der Waals surface area contributed by atoms with Crippen molar-refractivity contribution in [2.45, 2.75) is 51.5 Å². The molecule has 148 valence electrons. The highest BCUT2D eigenvalue weighted by atomic mass is 19.3. The predicted octanol–water partition coefficient (Wildman–Crippen LogP) is 3.30. The Hall–Kier alpha value is -1.82. The molecule has 0 aromatic heterocycles. The molecule has 2 saturated heterocycles. The minimum Gasteiger partial charge on any atom is -0.341 e. The monoisotopic (exact) mass is 378 g/mol. The quantitative estimate of drug-likeness (QED) is 0.800. The number of carbonyl (C=O) groups excluding carboxylic acids is 2. The standard InChI is InChI=1S/C21H28F2N2O2/c1-14(2)11-15-3-5-16(6-4-15)19(26)17-7-9-25(10-8-17)20(27)18-12-21(22,23)13-24-18/h3-6,14,17-18,24H,7-13H2,1-2H3. The first-order chi connectivity index (χ1) is 12.7. The molecule has 2 heterocycles. The van der Waals surface area contributed by atoms with E-state index in [1.54, 1.807) is 4.90 Å². The zero-order chi connectivity index (χ0) is 19.6. The molecule has 1 N–H and O–H groups in total. The molecule has 6 heteroatoms. The number of piperidine rings is 1. The molecule has 0 aliphatic carbocycles. The minimum atomic E-state index is -2.81. The van der Waals surface area contributed by atoms with Crippen LogP contribution in [-0.4, -0.2) is 48.2 Å². The molecule has 0 saturated carbocycles. The Kier molecular flexibility index (Phi) is 5.94. The Morgan fingerprint density at radius 3 is 2.33 bits per heavy atom. The van der Waals surface area contributed by atoms with Crippen LogP contribution in [0.15, 0.2) is 24.3 Å². The van der Waals surface area contributed by atoms with Crippen molar-refractivity contribution >= 4 is 11.7 Å². The molecule has 1 aromatic rings. The van der Waals surface area contributed by atoms with Crippen LogP contribution in [0, 0.1) is 11.8 Å². The van der Waals surface area contributed by atoms with Gasteiger partial charge in [0.2, 0.25) is 5.91 Å². The van der Waals surface area contributed by atoms with Crippen molar-refractivity contribution in [1.29, 1.82) is 0 Å². The van der Waals surface area contributed by atoms with Crippen LogP contribution in [0.3, 0.4) is 0 Å². The van der Waals surface area contributed by atoms with E-state index in [1.807, 2.05) is 24.3 Å². The number of amides is 1. The van der Waals surface area contributed by atoms with Crippen LogP contribution < -0.4 is 5.32 Å². The van der Waals surface area contributed by atoms with E-state index in [2.05, 4.69) is 19.2 Å². The summed E-state index contributed by atoms with van der Waals surface area (Å²) < 4.78 is 26.6. The van der Waals surface area contributed by atoms with Gasteiger partial charge in [-0.3, -0.25) is 14.9 Å². The number of alkyl halides is 2. The van der Waals surface area contributed by atoms with Crippen LogP contribution in [0.25, 0.3) is 0 Å². The van der Waals surface area contributed by atoms with Crippen molar-refractivity contribution < 1.29 is 18.4 Å². The van der Waals surface area contributed by atoms with E-state index in [0.29, 0.717) is 37.4 Å². The maximum atomic E-state index is 13.3. The zero-order valence-electron chi connectivity index (χ0n) is 16.0. The number of carbonyl (C=O) groups is 2. The van der Waals surface area contributed by atoms with Gasteiger partial charge in [-0.05, 0) is 30.7 Å². The summed E-state index contributed by atoms with van der Waals surface area (Å²) in [6.07, 6.45) is 1.72. The molecule has 1 aromatic carbocycles. The van der Waals surface area contributed by atoms with Crippen molar-refractivity contribution in [3.05, 3.63) is 35.4 Å². The van der Waals surface area contributed by atoms with Gasteiger partial charge in [0.05, 0.1) is 12.6 Å². The van der Waals surface area contributed by atoms with Crippen molar-refractivity contribution in [3.63, 3.8) is 0 Å². The van der Waals surface area contributed by atoms with Gasteiger partial charge in [0.1, 0.15) is 0 Å². The second-order valence-corrected chi connectivity index (χ2v) is 8.25. The van der Waals surface area contributed by atoms with Crippen molar-refractivity contribution in [2.24, 2.45) is 11.8 Å². The fraction of sp³-hybridized carbons (Fsp3) is 0.619. The second-order valence-electron chi connectivity index (χ2n) is 8.25. The van der Waals surface area contributed by atoms with E-state index in [9.17, 15) is 18.4 Å². The molecular formula is C21H28F2N2O2. The summed E-state index contributed by atoms with van der Waals surface area (Å²) in [6, 6.07) is 7.00. The maximum absolute atomic E-state index is 13.3. The topological polar surface area (TPSA) is 49.4 Å². The van der Waals surface area contributed by atoms with Gasteiger partial charge in [-0.2, -0.15) is 0 Å². The molecule has 0 radical (unpaired) electrons. The first-order valence-corrected chi connectivity index (χ1v) is 9.78. The lowest BCUT2D eigenvalue weighted by molar-refractivity contribution is -0.135. The number of nitrogens with zero attached hydrogens (tertiary/aromatic N) is 1. The number of nitrogens with one attached hydrogen (secondary N) is 1. The van der Waals surface area contributed by atoms with E-state index in [0.717, 1.165) is 6.42 Å². The summed E-state index contributed by atoms with van der Waals surface area (Å²) in [6.45, 7) is 4.78. The van der Waals surface area contributed by atoms with Crippen LogP contribution in [0.4, 0.5) is 8.78 Å². The molecule has 1 atom stereocenters.